The van der Waals surface area contributed by atoms with Crippen molar-refractivity contribution in [3.05, 3.63) is 18.1 Å². The highest BCUT2D eigenvalue weighted by atomic mass is 15.0. The molecular weight excluding hydrogens is 198 g/mol. The molecule has 1 rings (SSSR count). The number of hydrogen-bond acceptors (Lipinski definition) is 3. The van der Waals surface area contributed by atoms with Gasteiger partial charge in [-0.2, -0.15) is 0 Å². The Bertz CT molecular complexity index is 299. The van der Waals surface area contributed by atoms with Crippen LogP contribution in [0.4, 0.5) is 5.82 Å². The van der Waals surface area contributed by atoms with Gasteiger partial charge in [-0.1, -0.05) is 33.1 Å². The van der Waals surface area contributed by atoms with Gasteiger partial charge in [-0.25, -0.2) is 9.97 Å². The van der Waals surface area contributed by atoms with Crippen LogP contribution in [0, 0.1) is 0 Å². The summed E-state index contributed by atoms with van der Waals surface area (Å²) in [6.07, 6.45) is 7.69. The minimum atomic E-state index is 0.492. The van der Waals surface area contributed by atoms with Gasteiger partial charge in [-0.3, -0.25) is 0 Å². The number of nitrogens with one attached hydrogen (secondary N) is 1. The number of rotatable bonds is 7. The Labute approximate surface area is 98.7 Å². The van der Waals surface area contributed by atoms with Crippen molar-refractivity contribution in [3.8, 4) is 0 Å². The van der Waals surface area contributed by atoms with Crippen LogP contribution in [0.3, 0.4) is 0 Å². The van der Waals surface area contributed by atoms with Crippen molar-refractivity contribution < 1.29 is 0 Å². The van der Waals surface area contributed by atoms with Crippen LogP contribution in [0.15, 0.2) is 12.4 Å². The fraction of sp³-hybridized carbons (Fsp3) is 0.692. The average Bonchev–Trinajstić information content (AvgIpc) is 2.29. The Kier molecular flexibility index (Phi) is 5.83. The van der Waals surface area contributed by atoms with Crippen molar-refractivity contribution in [3.63, 3.8) is 0 Å². The van der Waals surface area contributed by atoms with Gasteiger partial charge in [0.2, 0.25) is 0 Å². The topological polar surface area (TPSA) is 37.8 Å². The molecule has 0 bridgehead atoms. The molecule has 1 N–H and O–H groups in total. The van der Waals surface area contributed by atoms with Crippen LogP contribution in [-0.2, 0) is 6.42 Å². The van der Waals surface area contributed by atoms with Gasteiger partial charge < -0.3 is 5.32 Å². The van der Waals surface area contributed by atoms with Crippen LogP contribution >= 0.6 is 0 Å². The van der Waals surface area contributed by atoms with Gasteiger partial charge in [-0.05, 0) is 19.8 Å². The highest BCUT2D eigenvalue weighted by Gasteiger charge is 2.03. The lowest BCUT2D eigenvalue weighted by molar-refractivity contribution is 0.613. The third-order valence-corrected chi connectivity index (χ3v) is 2.72. The van der Waals surface area contributed by atoms with E-state index in [1.165, 1.54) is 25.7 Å². The van der Waals surface area contributed by atoms with E-state index >= 15 is 0 Å². The summed E-state index contributed by atoms with van der Waals surface area (Å²) in [4.78, 5) is 8.42. The first kappa shape index (κ1) is 12.9. The second-order valence-electron chi connectivity index (χ2n) is 4.29. The number of unbranched alkanes of at least 4 members (excludes halogenated alkanes) is 2. The molecule has 0 fully saturated rings. The van der Waals surface area contributed by atoms with E-state index in [9.17, 15) is 0 Å². The summed E-state index contributed by atoms with van der Waals surface area (Å²) in [6, 6.07) is 2.53. The smallest absolute Gasteiger partial charge is 0.129 e. The van der Waals surface area contributed by atoms with Crippen molar-refractivity contribution in [1.29, 1.82) is 0 Å². The van der Waals surface area contributed by atoms with Crippen molar-refractivity contribution in [2.24, 2.45) is 0 Å². The second kappa shape index (κ2) is 7.20. The van der Waals surface area contributed by atoms with Gasteiger partial charge in [0.1, 0.15) is 12.1 Å². The maximum Gasteiger partial charge on any atom is 0.129 e. The third-order valence-electron chi connectivity index (χ3n) is 2.72. The Hall–Kier alpha value is -1.12. The van der Waals surface area contributed by atoms with E-state index in [4.69, 9.17) is 0 Å². The van der Waals surface area contributed by atoms with Crippen molar-refractivity contribution >= 4 is 5.82 Å². The lowest BCUT2D eigenvalue weighted by Crippen LogP contribution is -2.16. The fourth-order valence-corrected chi connectivity index (χ4v) is 1.70. The summed E-state index contributed by atoms with van der Waals surface area (Å²) in [5.41, 5.74) is 1.10. The monoisotopic (exact) mass is 221 g/mol. The van der Waals surface area contributed by atoms with E-state index in [0.717, 1.165) is 17.9 Å². The molecule has 0 aliphatic heterocycles. The van der Waals surface area contributed by atoms with Crippen molar-refractivity contribution in [1.82, 2.24) is 9.97 Å². The van der Waals surface area contributed by atoms with Gasteiger partial charge in [0.05, 0.1) is 0 Å². The zero-order valence-corrected chi connectivity index (χ0v) is 10.7. The van der Waals surface area contributed by atoms with E-state index in [0.29, 0.717) is 6.04 Å². The third kappa shape index (κ3) is 4.60. The number of aromatic nitrogens is 2. The Balaban J connectivity index is 2.39. The molecule has 1 atom stereocenters. The molecule has 0 amide bonds. The Morgan fingerprint density at radius 3 is 2.75 bits per heavy atom. The van der Waals surface area contributed by atoms with Gasteiger partial charge in [-0.15, -0.1) is 0 Å². The highest BCUT2D eigenvalue weighted by molar-refractivity contribution is 5.35. The number of nitrogens with zero attached hydrogens (tertiary/aromatic N) is 2. The molecule has 0 aliphatic carbocycles. The quantitative estimate of drug-likeness (QED) is 0.717. The van der Waals surface area contributed by atoms with Crippen LogP contribution in [0.2, 0.25) is 0 Å². The number of hydrogen-bond donors (Lipinski definition) is 1. The maximum atomic E-state index is 4.23. The molecule has 90 valence electrons. The highest BCUT2D eigenvalue weighted by Crippen LogP contribution is 2.10. The first-order chi connectivity index (χ1) is 7.76. The molecule has 0 aliphatic rings. The molecule has 1 heterocycles. The van der Waals surface area contributed by atoms with E-state index in [1.54, 1.807) is 6.33 Å². The van der Waals surface area contributed by atoms with Gasteiger partial charge in [0.25, 0.3) is 0 Å². The minimum absolute atomic E-state index is 0.492. The van der Waals surface area contributed by atoms with E-state index < -0.39 is 0 Å². The van der Waals surface area contributed by atoms with Gasteiger partial charge in [0, 0.05) is 17.8 Å². The lowest BCUT2D eigenvalue weighted by atomic mass is 10.1. The lowest BCUT2D eigenvalue weighted by Gasteiger charge is -2.14. The molecule has 0 saturated carbocycles. The number of anilines is 1. The maximum absolute atomic E-state index is 4.23. The molecule has 0 spiro atoms. The summed E-state index contributed by atoms with van der Waals surface area (Å²) >= 11 is 0. The van der Waals surface area contributed by atoms with E-state index in [2.05, 4.69) is 36.1 Å². The first-order valence-corrected chi connectivity index (χ1v) is 6.33. The summed E-state index contributed by atoms with van der Waals surface area (Å²) in [6.45, 7) is 6.55. The predicted molar refractivity (Wildman–Crippen MR) is 68.6 cm³/mol. The summed E-state index contributed by atoms with van der Waals surface area (Å²) in [5, 5.41) is 3.42. The van der Waals surface area contributed by atoms with Crippen LogP contribution in [0.5, 0.6) is 0 Å². The zero-order valence-electron chi connectivity index (χ0n) is 10.7. The molecule has 1 aromatic heterocycles. The first-order valence-electron chi connectivity index (χ1n) is 6.33. The van der Waals surface area contributed by atoms with Crippen LogP contribution in [0.1, 0.15) is 52.1 Å². The fourth-order valence-electron chi connectivity index (χ4n) is 1.70. The molecule has 0 radical (unpaired) electrons. The zero-order chi connectivity index (χ0) is 11.8. The van der Waals surface area contributed by atoms with Gasteiger partial charge in [0.15, 0.2) is 0 Å². The normalized spacial score (nSPS) is 12.4. The average molecular weight is 221 g/mol. The minimum Gasteiger partial charge on any atom is -0.368 e. The Morgan fingerprint density at radius 1 is 1.25 bits per heavy atom. The summed E-state index contributed by atoms with van der Waals surface area (Å²) in [7, 11) is 0. The SMILES string of the molecule is CCCCCC(C)Nc1cc(CC)ncn1. The predicted octanol–water partition coefficient (Wildman–Crippen LogP) is 3.42. The summed E-state index contributed by atoms with van der Waals surface area (Å²) in [5.74, 6) is 0.954. The molecule has 1 unspecified atom stereocenters. The second-order valence-corrected chi connectivity index (χ2v) is 4.29. The summed E-state index contributed by atoms with van der Waals surface area (Å²) < 4.78 is 0. The van der Waals surface area contributed by atoms with Crippen LogP contribution in [-0.4, -0.2) is 16.0 Å². The number of aryl methyl sites for hydroxylation is 1. The van der Waals surface area contributed by atoms with Crippen molar-refractivity contribution in [2.45, 2.75) is 58.9 Å². The van der Waals surface area contributed by atoms with Crippen LogP contribution < -0.4 is 5.32 Å². The molecular formula is C13H23N3. The molecule has 16 heavy (non-hydrogen) atoms. The Morgan fingerprint density at radius 2 is 2.06 bits per heavy atom. The standard InChI is InChI=1S/C13H23N3/c1-4-6-7-8-11(3)16-13-9-12(5-2)14-10-15-13/h9-11H,4-8H2,1-3H3,(H,14,15,16). The van der Waals surface area contributed by atoms with E-state index in [1.807, 2.05) is 6.07 Å². The van der Waals surface area contributed by atoms with Crippen molar-refractivity contribution in [2.75, 3.05) is 5.32 Å². The molecule has 3 heteroatoms. The largest absolute Gasteiger partial charge is 0.368 e. The van der Waals surface area contributed by atoms with Crippen LogP contribution in [0.25, 0.3) is 0 Å². The molecule has 0 aromatic carbocycles. The molecule has 3 nitrogen and oxygen atoms in total. The van der Waals surface area contributed by atoms with Gasteiger partial charge >= 0.3 is 0 Å². The molecule has 1 aromatic rings. The molecule has 0 saturated heterocycles. The van der Waals surface area contributed by atoms with E-state index in [-0.39, 0.29) is 0 Å².